The average Bonchev–Trinajstić information content (AvgIpc) is 2.73. The molecule has 0 saturated carbocycles. The predicted octanol–water partition coefficient (Wildman–Crippen LogP) is 4.19. The first-order chi connectivity index (χ1) is 9.56. The van der Waals surface area contributed by atoms with Crippen LogP contribution in [0.4, 0.5) is 5.95 Å². The van der Waals surface area contributed by atoms with Gasteiger partial charge in [0.15, 0.2) is 0 Å². The minimum atomic E-state index is 0.0838. The molecule has 2 N–H and O–H groups in total. The molecule has 0 aliphatic rings. The van der Waals surface area contributed by atoms with Gasteiger partial charge in [-0.2, -0.15) is 0 Å². The zero-order valence-corrected chi connectivity index (χ0v) is 12.2. The zero-order valence-electron chi connectivity index (χ0n) is 11.5. The lowest BCUT2D eigenvalue weighted by Crippen LogP contribution is -2.10. The second-order valence-corrected chi connectivity index (χ2v) is 5.50. The first-order valence-corrected chi connectivity index (χ1v) is 6.93. The number of anilines is 1. The quantitative estimate of drug-likeness (QED) is 0.767. The summed E-state index contributed by atoms with van der Waals surface area (Å²) in [6, 6.07) is 14.1. The summed E-state index contributed by atoms with van der Waals surface area (Å²) in [5.74, 6) is 0.526. The molecule has 1 aromatic heterocycles. The Bertz CT molecular complexity index is 776. The lowest BCUT2D eigenvalue weighted by atomic mass is 10.1. The largest absolute Gasteiger partial charge is 0.369 e. The van der Waals surface area contributed by atoms with Crippen molar-refractivity contribution in [1.29, 1.82) is 0 Å². The average molecular weight is 286 g/mol. The van der Waals surface area contributed by atoms with E-state index in [0.717, 1.165) is 21.6 Å². The molecule has 102 valence electrons. The van der Waals surface area contributed by atoms with Crippen LogP contribution in [-0.2, 0) is 0 Å². The van der Waals surface area contributed by atoms with Gasteiger partial charge in [0, 0.05) is 5.02 Å². The maximum absolute atomic E-state index is 6.10. The molecule has 1 heterocycles. The van der Waals surface area contributed by atoms with Crippen molar-refractivity contribution < 1.29 is 0 Å². The molecule has 3 rings (SSSR count). The third-order valence-electron chi connectivity index (χ3n) is 3.59. The Labute approximate surface area is 123 Å². The summed E-state index contributed by atoms with van der Waals surface area (Å²) in [5.41, 5.74) is 10.4. The first kappa shape index (κ1) is 13.0. The van der Waals surface area contributed by atoms with Gasteiger partial charge in [0.05, 0.1) is 17.1 Å². The van der Waals surface area contributed by atoms with Gasteiger partial charge in [-0.3, -0.25) is 0 Å². The van der Waals surface area contributed by atoms with Crippen molar-refractivity contribution in [2.24, 2.45) is 0 Å². The number of nitrogens with two attached hydrogens (primary N) is 1. The summed E-state index contributed by atoms with van der Waals surface area (Å²) in [7, 11) is 0. The highest BCUT2D eigenvalue weighted by Crippen LogP contribution is 2.28. The summed E-state index contributed by atoms with van der Waals surface area (Å²) in [5, 5.41) is 0.730. The highest BCUT2D eigenvalue weighted by molar-refractivity contribution is 6.30. The van der Waals surface area contributed by atoms with Gasteiger partial charge in [-0.25, -0.2) is 4.98 Å². The lowest BCUT2D eigenvalue weighted by molar-refractivity contribution is 0.668. The Morgan fingerprint density at radius 1 is 1.20 bits per heavy atom. The van der Waals surface area contributed by atoms with Gasteiger partial charge >= 0.3 is 0 Å². The van der Waals surface area contributed by atoms with Crippen molar-refractivity contribution in [3.8, 4) is 0 Å². The normalized spacial score (nSPS) is 12.8. The molecule has 4 heteroatoms. The van der Waals surface area contributed by atoms with E-state index in [4.69, 9.17) is 17.3 Å². The van der Waals surface area contributed by atoms with Crippen LogP contribution in [0.1, 0.15) is 24.1 Å². The molecule has 0 fully saturated rings. The second-order valence-electron chi connectivity index (χ2n) is 5.06. The van der Waals surface area contributed by atoms with Crippen molar-refractivity contribution in [3.05, 3.63) is 58.6 Å². The number of nitrogens with zero attached hydrogens (tertiary/aromatic N) is 2. The SMILES string of the molecule is Cc1ccc2nc(N)n(C(C)c3cccc(Cl)c3)c2c1. The van der Waals surface area contributed by atoms with E-state index in [2.05, 4.69) is 31.0 Å². The van der Waals surface area contributed by atoms with E-state index in [1.165, 1.54) is 5.56 Å². The van der Waals surface area contributed by atoms with Crippen molar-refractivity contribution in [1.82, 2.24) is 9.55 Å². The lowest BCUT2D eigenvalue weighted by Gasteiger charge is -2.17. The van der Waals surface area contributed by atoms with Crippen molar-refractivity contribution in [3.63, 3.8) is 0 Å². The van der Waals surface area contributed by atoms with E-state index in [1.54, 1.807) is 0 Å². The van der Waals surface area contributed by atoms with Crippen LogP contribution < -0.4 is 5.73 Å². The molecule has 2 aromatic carbocycles. The molecule has 0 spiro atoms. The van der Waals surface area contributed by atoms with E-state index in [-0.39, 0.29) is 6.04 Å². The number of aromatic nitrogens is 2. The Morgan fingerprint density at radius 3 is 2.75 bits per heavy atom. The van der Waals surface area contributed by atoms with E-state index < -0.39 is 0 Å². The van der Waals surface area contributed by atoms with Gasteiger partial charge in [0.1, 0.15) is 0 Å². The van der Waals surface area contributed by atoms with Crippen LogP contribution in [0.15, 0.2) is 42.5 Å². The molecular weight excluding hydrogens is 270 g/mol. The number of halogens is 1. The van der Waals surface area contributed by atoms with Crippen LogP contribution in [-0.4, -0.2) is 9.55 Å². The number of rotatable bonds is 2. The predicted molar refractivity (Wildman–Crippen MR) is 84.1 cm³/mol. The highest BCUT2D eigenvalue weighted by Gasteiger charge is 2.15. The fourth-order valence-corrected chi connectivity index (χ4v) is 2.74. The number of hydrogen-bond acceptors (Lipinski definition) is 2. The second kappa shape index (κ2) is 4.84. The summed E-state index contributed by atoms with van der Waals surface area (Å²) in [6.07, 6.45) is 0. The highest BCUT2D eigenvalue weighted by atomic mass is 35.5. The Balaban J connectivity index is 2.18. The smallest absolute Gasteiger partial charge is 0.201 e. The van der Waals surface area contributed by atoms with Crippen LogP contribution >= 0.6 is 11.6 Å². The number of aryl methyl sites for hydroxylation is 1. The van der Waals surface area contributed by atoms with Crippen molar-refractivity contribution >= 4 is 28.6 Å². The molecule has 0 aliphatic carbocycles. The van der Waals surface area contributed by atoms with Gasteiger partial charge < -0.3 is 10.3 Å². The number of benzene rings is 2. The number of fused-ring (bicyclic) bond motifs is 1. The molecule has 1 atom stereocenters. The Kier molecular flexibility index (Phi) is 3.14. The third kappa shape index (κ3) is 2.14. The molecular formula is C16H16ClN3. The molecule has 3 aromatic rings. The fourth-order valence-electron chi connectivity index (χ4n) is 2.54. The maximum Gasteiger partial charge on any atom is 0.201 e. The van der Waals surface area contributed by atoms with Crippen LogP contribution in [0.25, 0.3) is 11.0 Å². The third-order valence-corrected chi connectivity index (χ3v) is 3.83. The van der Waals surface area contributed by atoms with Gasteiger partial charge in [0.2, 0.25) is 5.95 Å². The van der Waals surface area contributed by atoms with Gasteiger partial charge in [-0.1, -0.05) is 29.8 Å². The minimum Gasteiger partial charge on any atom is -0.369 e. The molecule has 0 aliphatic heterocycles. The molecule has 20 heavy (non-hydrogen) atoms. The zero-order chi connectivity index (χ0) is 14.3. The molecule has 3 nitrogen and oxygen atoms in total. The molecule has 0 saturated heterocycles. The first-order valence-electron chi connectivity index (χ1n) is 6.56. The summed E-state index contributed by atoms with van der Waals surface area (Å²) < 4.78 is 2.05. The number of hydrogen-bond donors (Lipinski definition) is 1. The van der Waals surface area contributed by atoms with Gasteiger partial charge in [0.25, 0.3) is 0 Å². The van der Waals surface area contributed by atoms with E-state index >= 15 is 0 Å². The van der Waals surface area contributed by atoms with Crippen LogP contribution in [0.2, 0.25) is 5.02 Å². The van der Waals surface area contributed by atoms with Crippen LogP contribution in [0, 0.1) is 6.92 Å². The Morgan fingerprint density at radius 2 is 2.00 bits per heavy atom. The maximum atomic E-state index is 6.10. The van der Waals surface area contributed by atoms with Crippen molar-refractivity contribution in [2.75, 3.05) is 5.73 Å². The van der Waals surface area contributed by atoms with E-state index in [9.17, 15) is 0 Å². The molecule has 0 radical (unpaired) electrons. The number of nitrogen functional groups attached to an aromatic ring is 1. The minimum absolute atomic E-state index is 0.0838. The van der Waals surface area contributed by atoms with Gasteiger partial charge in [-0.05, 0) is 49.2 Å². The summed E-state index contributed by atoms with van der Waals surface area (Å²) in [4.78, 5) is 4.43. The molecule has 1 unspecified atom stereocenters. The van der Waals surface area contributed by atoms with E-state index in [0.29, 0.717) is 5.95 Å². The van der Waals surface area contributed by atoms with Crippen LogP contribution in [0.5, 0.6) is 0 Å². The molecule has 0 bridgehead atoms. The number of imidazole rings is 1. The summed E-state index contributed by atoms with van der Waals surface area (Å²) >= 11 is 6.08. The van der Waals surface area contributed by atoms with Crippen molar-refractivity contribution in [2.45, 2.75) is 19.9 Å². The fraction of sp³-hybridized carbons (Fsp3) is 0.188. The monoisotopic (exact) mass is 285 g/mol. The molecule has 0 amide bonds. The summed E-state index contributed by atoms with van der Waals surface area (Å²) in [6.45, 7) is 4.17. The standard InChI is InChI=1S/C16H16ClN3/c1-10-6-7-14-15(8-10)20(16(18)19-14)11(2)12-4-3-5-13(17)9-12/h3-9,11H,1-2H3,(H2,18,19). The van der Waals surface area contributed by atoms with Crippen LogP contribution in [0.3, 0.4) is 0 Å². The van der Waals surface area contributed by atoms with E-state index in [1.807, 2.05) is 34.9 Å². The van der Waals surface area contributed by atoms with Gasteiger partial charge in [-0.15, -0.1) is 0 Å². The topological polar surface area (TPSA) is 43.8 Å². The Hall–Kier alpha value is -2.00.